The molecule has 6 nitrogen and oxygen atoms in total. The van der Waals surface area contributed by atoms with Crippen molar-refractivity contribution in [3.8, 4) is 5.75 Å². The molecule has 0 aliphatic carbocycles. The van der Waals surface area contributed by atoms with Crippen molar-refractivity contribution in [1.82, 2.24) is 5.32 Å². The van der Waals surface area contributed by atoms with Crippen LogP contribution in [0.3, 0.4) is 0 Å². The van der Waals surface area contributed by atoms with Gasteiger partial charge in [-0.15, -0.1) is 0 Å². The maximum absolute atomic E-state index is 12.7. The molecule has 0 aliphatic heterocycles. The smallest absolute Gasteiger partial charge is 0.416 e. The lowest BCUT2D eigenvalue weighted by Gasteiger charge is -2.17. The Balaban J connectivity index is 2.11. The molecule has 0 saturated carbocycles. The van der Waals surface area contributed by atoms with Crippen LogP contribution in [-0.2, 0) is 28.7 Å². The molecule has 0 spiro atoms. The fourth-order valence-corrected chi connectivity index (χ4v) is 2.89. The van der Waals surface area contributed by atoms with Crippen LogP contribution < -0.4 is 10.1 Å². The topological polar surface area (TPSA) is 84.9 Å². The number of hydrogen-bond acceptors (Lipinski definition) is 4. The van der Waals surface area contributed by atoms with E-state index in [9.17, 15) is 27.9 Å². The maximum Gasteiger partial charge on any atom is 0.416 e. The van der Waals surface area contributed by atoms with Crippen molar-refractivity contribution >= 4 is 11.9 Å². The molecule has 2 rings (SSSR count). The molecule has 0 aromatic heterocycles. The van der Waals surface area contributed by atoms with E-state index in [1.165, 1.54) is 25.3 Å². The predicted octanol–water partition coefficient (Wildman–Crippen LogP) is 4.31. The summed E-state index contributed by atoms with van der Waals surface area (Å²) in [6, 6.07) is 9.22. The molecule has 0 bridgehead atoms. The lowest BCUT2D eigenvalue weighted by atomic mass is 10.0. The second-order valence-corrected chi connectivity index (χ2v) is 7.67. The minimum atomic E-state index is -4.43. The number of methoxy groups -OCH3 is 1. The summed E-state index contributed by atoms with van der Waals surface area (Å²) in [4.78, 5) is 24.2. The van der Waals surface area contributed by atoms with E-state index in [0.29, 0.717) is 11.1 Å². The van der Waals surface area contributed by atoms with Gasteiger partial charge in [0, 0.05) is 13.0 Å². The Hall–Kier alpha value is -3.07. The van der Waals surface area contributed by atoms with Gasteiger partial charge in [-0.2, -0.15) is 13.2 Å². The zero-order valence-corrected chi connectivity index (χ0v) is 18.0. The number of carbonyl (C=O) groups is 2. The third-order valence-electron chi connectivity index (χ3n) is 4.57. The molecule has 9 heteroatoms. The van der Waals surface area contributed by atoms with Gasteiger partial charge in [-0.05, 0) is 41.3 Å². The van der Waals surface area contributed by atoms with Crippen LogP contribution in [0.4, 0.5) is 13.2 Å². The summed E-state index contributed by atoms with van der Waals surface area (Å²) in [7, 11) is 1.40. The van der Waals surface area contributed by atoms with Crippen LogP contribution >= 0.6 is 0 Å². The Bertz CT molecular complexity index is 926. The molecule has 1 amide bonds. The molecule has 0 radical (unpaired) electrons. The van der Waals surface area contributed by atoms with E-state index in [1.807, 2.05) is 13.8 Å². The first-order valence-electron chi connectivity index (χ1n) is 9.97. The van der Waals surface area contributed by atoms with Crippen molar-refractivity contribution in [2.24, 2.45) is 5.92 Å². The average molecular weight is 453 g/mol. The zero-order chi connectivity index (χ0) is 23.9. The van der Waals surface area contributed by atoms with Crippen LogP contribution in [0.25, 0.3) is 0 Å². The number of rotatable bonds is 10. The number of hydrogen-bond donors (Lipinski definition) is 2. The fraction of sp³-hybridized carbons (Fsp3) is 0.391. The van der Waals surface area contributed by atoms with E-state index in [4.69, 9.17) is 9.47 Å². The highest BCUT2D eigenvalue weighted by Crippen LogP contribution is 2.29. The van der Waals surface area contributed by atoms with Crippen molar-refractivity contribution in [3.63, 3.8) is 0 Å². The van der Waals surface area contributed by atoms with E-state index in [-0.39, 0.29) is 36.8 Å². The van der Waals surface area contributed by atoms with Crippen LogP contribution in [0.15, 0.2) is 42.5 Å². The summed E-state index contributed by atoms with van der Waals surface area (Å²) < 4.78 is 48.7. The Labute approximate surface area is 184 Å². The van der Waals surface area contributed by atoms with Crippen molar-refractivity contribution in [3.05, 3.63) is 64.7 Å². The maximum atomic E-state index is 12.7. The number of nitrogens with one attached hydrogen (secondary N) is 1. The number of carbonyl (C=O) groups excluding carboxylic acids is 1. The fourth-order valence-electron chi connectivity index (χ4n) is 2.89. The SMILES string of the molecule is COc1ccc(CC(OCC(C)C)C(=O)O)cc1C(=O)NCc1ccc(C(F)(F)F)cc1. The molecule has 2 aromatic carbocycles. The first-order valence-corrected chi connectivity index (χ1v) is 9.97. The molecule has 0 heterocycles. The van der Waals surface area contributed by atoms with Gasteiger partial charge >= 0.3 is 12.1 Å². The quantitative estimate of drug-likeness (QED) is 0.560. The number of alkyl halides is 3. The van der Waals surface area contributed by atoms with Crippen LogP contribution in [0.2, 0.25) is 0 Å². The lowest BCUT2D eigenvalue weighted by molar-refractivity contribution is -0.151. The number of amides is 1. The molecule has 0 fully saturated rings. The van der Waals surface area contributed by atoms with E-state index < -0.39 is 29.7 Å². The number of aliphatic carboxylic acids is 1. The Kier molecular flexibility index (Phi) is 8.65. The van der Waals surface area contributed by atoms with Crippen molar-refractivity contribution in [1.29, 1.82) is 0 Å². The van der Waals surface area contributed by atoms with E-state index in [1.54, 1.807) is 12.1 Å². The molecule has 174 valence electrons. The van der Waals surface area contributed by atoms with E-state index in [2.05, 4.69) is 5.32 Å². The molecule has 0 saturated heterocycles. The van der Waals surface area contributed by atoms with Crippen molar-refractivity contribution in [2.75, 3.05) is 13.7 Å². The van der Waals surface area contributed by atoms with Crippen molar-refractivity contribution < 1.29 is 37.3 Å². The van der Waals surface area contributed by atoms with Gasteiger partial charge in [0.05, 0.1) is 24.8 Å². The van der Waals surface area contributed by atoms with Gasteiger partial charge < -0.3 is 19.9 Å². The van der Waals surface area contributed by atoms with Crippen LogP contribution in [0, 0.1) is 5.92 Å². The second-order valence-electron chi connectivity index (χ2n) is 7.67. The molecule has 32 heavy (non-hydrogen) atoms. The minimum Gasteiger partial charge on any atom is -0.496 e. The molecule has 1 atom stereocenters. The number of ether oxygens (including phenoxy) is 2. The van der Waals surface area contributed by atoms with Gasteiger partial charge in [-0.25, -0.2) is 4.79 Å². The van der Waals surface area contributed by atoms with Crippen LogP contribution in [0.1, 0.15) is 40.9 Å². The highest BCUT2D eigenvalue weighted by molar-refractivity contribution is 5.97. The molecule has 1 unspecified atom stereocenters. The average Bonchev–Trinajstić information content (AvgIpc) is 2.74. The summed E-state index contributed by atoms with van der Waals surface area (Å²) in [6.45, 7) is 4.12. The van der Waals surface area contributed by atoms with Crippen LogP contribution in [0.5, 0.6) is 5.75 Å². The van der Waals surface area contributed by atoms with Gasteiger partial charge in [-0.1, -0.05) is 32.0 Å². The first kappa shape index (κ1) is 25.2. The monoisotopic (exact) mass is 453 g/mol. The summed E-state index contributed by atoms with van der Waals surface area (Å²) >= 11 is 0. The Morgan fingerprint density at radius 1 is 1.06 bits per heavy atom. The van der Waals surface area contributed by atoms with E-state index in [0.717, 1.165) is 12.1 Å². The lowest BCUT2D eigenvalue weighted by Crippen LogP contribution is -2.28. The third-order valence-corrected chi connectivity index (χ3v) is 4.57. The first-order chi connectivity index (χ1) is 15.0. The molecule has 0 aliphatic rings. The van der Waals surface area contributed by atoms with Gasteiger partial charge in [0.1, 0.15) is 5.75 Å². The zero-order valence-electron chi connectivity index (χ0n) is 18.0. The van der Waals surface area contributed by atoms with Gasteiger partial charge in [0.2, 0.25) is 0 Å². The number of carboxylic acids is 1. The Morgan fingerprint density at radius 3 is 2.22 bits per heavy atom. The summed E-state index contributed by atoms with van der Waals surface area (Å²) in [5.74, 6) is -1.15. The molecule has 2 aromatic rings. The number of benzene rings is 2. The summed E-state index contributed by atoms with van der Waals surface area (Å²) in [5, 5.41) is 12.1. The van der Waals surface area contributed by atoms with Gasteiger partial charge in [0.15, 0.2) is 6.10 Å². The predicted molar refractivity (Wildman–Crippen MR) is 112 cm³/mol. The normalized spacial score (nSPS) is 12.5. The summed E-state index contributed by atoms with van der Waals surface area (Å²) in [5.41, 5.74) is 0.482. The third kappa shape index (κ3) is 7.26. The number of halogens is 3. The molecular weight excluding hydrogens is 427 g/mol. The van der Waals surface area contributed by atoms with E-state index >= 15 is 0 Å². The standard InChI is InChI=1S/C23H26F3NO5/c1-14(2)13-32-20(22(29)30)11-16-6-9-19(31-3)18(10-16)21(28)27-12-15-4-7-17(8-5-15)23(24,25)26/h4-10,14,20H,11-13H2,1-3H3,(H,27,28)(H,29,30). The van der Waals surface area contributed by atoms with Crippen LogP contribution in [-0.4, -0.2) is 36.8 Å². The molecule has 2 N–H and O–H groups in total. The number of carboxylic acid groups (broad SMARTS) is 1. The minimum absolute atomic E-state index is 0.0135. The highest BCUT2D eigenvalue weighted by Gasteiger charge is 2.30. The highest BCUT2D eigenvalue weighted by atomic mass is 19.4. The van der Waals surface area contributed by atoms with Gasteiger partial charge in [0.25, 0.3) is 5.91 Å². The summed E-state index contributed by atoms with van der Waals surface area (Å²) in [6.07, 6.45) is -5.43. The van der Waals surface area contributed by atoms with Crippen molar-refractivity contribution in [2.45, 2.75) is 39.1 Å². The Morgan fingerprint density at radius 2 is 1.69 bits per heavy atom. The largest absolute Gasteiger partial charge is 0.496 e. The second kappa shape index (κ2) is 11.0. The molecular formula is C23H26F3NO5. The van der Waals surface area contributed by atoms with Gasteiger partial charge in [-0.3, -0.25) is 4.79 Å².